The highest BCUT2D eigenvalue weighted by atomic mass is 16.2. The molecule has 2 aromatic rings. The van der Waals surface area contributed by atoms with Crippen LogP contribution in [0.4, 0.5) is 0 Å². The van der Waals surface area contributed by atoms with Crippen molar-refractivity contribution in [2.24, 2.45) is 5.73 Å². The number of carbonyl (C=O) groups is 2. The van der Waals surface area contributed by atoms with Gasteiger partial charge < -0.3 is 16.4 Å². The Balaban J connectivity index is 1.57. The van der Waals surface area contributed by atoms with Crippen molar-refractivity contribution in [3.05, 3.63) is 47.8 Å². The van der Waals surface area contributed by atoms with E-state index in [4.69, 9.17) is 5.73 Å². The molecule has 1 fully saturated rings. The van der Waals surface area contributed by atoms with Crippen LogP contribution in [0.5, 0.6) is 0 Å². The molecule has 27 heavy (non-hydrogen) atoms. The number of hydrogen-bond acceptors (Lipinski definition) is 4. The van der Waals surface area contributed by atoms with E-state index in [1.54, 1.807) is 12.1 Å². The zero-order chi connectivity index (χ0) is 19.1. The highest BCUT2D eigenvalue weighted by molar-refractivity contribution is 5.97. The Bertz CT molecular complexity index is 764. The van der Waals surface area contributed by atoms with Gasteiger partial charge in [0.05, 0.1) is 5.69 Å². The Hall–Kier alpha value is -2.67. The second-order valence-corrected chi connectivity index (χ2v) is 6.92. The van der Waals surface area contributed by atoms with E-state index in [1.165, 1.54) is 49.3 Å². The van der Waals surface area contributed by atoms with E-state index in [0.29, 0.717) is 18.3 Å². The molecule has 1 heterocycles. The fourth-order valence-corrected chi connectivity index (χ4v) is 3.46. The van der Waals surface area contributed by atoms with E-state index in [-0.39, 0.29) is 17.3 Å². The van der Waals surface area contributed by atoms with Crippen LogP contribution in [0.15, 0.2) is 36.4 Å². The summed E-state index contributed by atoms with van der Waals surface area (Å²) in [5.74, 6) is -0.935. The minimum atomic E-state index is -0.625. The summed E-state index contributed by atoms with van der Waals surface area (Å²) in [6.07, 6.45) is 7.60. The van der Waals surface area contributed by atoms with Gasteiger partial charge in [-0.15, -0.1) is 0 Å². The van der Waals surface area contributed by atoms with Gasteiger partial charge in [-0.3, -0.25) is 9.59 Å². The van der Waals surface area contributed by atoms with E-state index in [0.717, 1.165) is 6.54 Å². The predicted octanol–water partition coefficient (Wildman–Crippen LogP) is 2.01. The largest absolute Gasteiger partial charge is 0.364 e. The second-order valence-electron chi connectivity index (χ2n) is 6.92. The van der Waals surface area contributed by atoms with Crippen LogP contribution in [-0.2, 0) is 0 Å². The lowest BCUT2D eigenvalue weighted by Gasteiger charge is -2.16. The van der Waals surface area contributed by atoms with Crippen molar-refractivity contribution < 1.29 is 9.59 Å². The second kappa shape index (κ2) is 9.32. The molecule has 0 unspecified atom stereocenters. The van der Waals surface area contributed by atoms with Crippen LogP contribution in [-0.4, -0.2) is 40.7 Å². The van der Waals surface area contributed by atoms with Crippen LogP contribution >= 0.6 is 0 Å². The smallest absolute Gasteiger partial charge is 0.271 e. The molecule has 1 aromatic heterocycles. The monoisotopic (exact) mass is 369 g/mol. The van der Waals surface area contributed by atoms with E-state index in [2.05, 4.69) is 15.7 Å². The number of primary amides is 1. The van der Waals surface area contributed by atoms with Gasteiger partial charge >= 0.3 is 0 Å². The first kappa shape index (κ1) is 19.1. The minimum absolute atomic E-state index is 0.183. The summed E-state index contributed by atoms with van der Waals surface area (Å²) in [7, 11) is 0. The SMILES string of the molecule is NC(=O)c1cc(C(=O)NCCNC2CCCCCC2)nn1-c1ccccc1. The molecule has 3 rings (SSSR count). The van der Waals surface area contributed by atoms with Crippen molar-refractivity contribution in [1.82, 2.24) is 20.4 Å². The maximum atomic E-state index is 12.4. The number of nitrogens with zero attached hydrogens (tertiary/aromatic N) is 2. The lowest BCUT2D eigenvalue weighted by atomic mass is 10.1. The molecule has 0 radical (unpaired) electrons. The third-order valence-electron chi connectivity index (χ3n) is 4.89. The molecular weight excluding hydrogens is 342 g/mol. The number of nitrogens with two attached hydrogens (primary N) is 1. The van der Waals surface area contributed by atoms with Crippen LogP contribution in [0.25, 0.3) is 5.69 Å². The van der Waals surface area contributed by atoms with Gasteiger partial charge in [0.15, 0.2) is 5.69 Å². The molecule has 2 amide bonds. The lowest BCUT2D eigenvalue weighted by molar-refractivity contribution is 0.0947. The summed E-state index contributed by atoms with van der Waals surface area (Å²) in [5.41, 5.74) is 6.49. The van der Waals surface area contributed by atoms with Gasteiger partial charge in [-0.2, -0.15) is 5.10 Å². The average Bonchev–Trinajstić information content (AvgIpc) is 2.98. The molecular formula is C20H27N5O2. The third-order valence-corrected chi connectivity index (χ3v) is 4.89. The Kier molecular flexibility index (Phi) is 6.59. The molecule has 1 aromatic carbocycles. The number of nitrogens with one attached hydrogen (secondary N) is 2. The zero-order valence-corrected chi connectivity index (χ0v) is 15.5. The Labute approximate surface area is 159 Å². The number of hydrogen-bond donors (Lipinski definition) is 3. The number of aromatic nitrogens is 2. The predicted molar refractivity (Wildman–Crippen MR) is 104 cm³/mol. The summed E-state index contributed by atoms with van der Waals surface area (Å²) in [5, 5.41) is 10.6. The van der Waals surface area contributed by atoms with Gasteiger partial charge in [0.2, 0.25) is 0 Å². The number of rotatable bonds is 7. The first-order valence-corrected chi connectivity index (χ1v) is 9.62. The Morgan fingerprint density at radius 3 is 2.44 bits per heavy atom. The van der Waals surface area contributed by atoms with E-state index < -0.39 is 5.91 Å². The Morgan fingerprint density at radius 2 is 1.78 bits per heavy atom. The number of benzene rings is 1. The van der Waals surface area contributed by atoms with Crippen molar-refractivity contribution >= 4 is 11.8 Å². The summed E-state index contributed by atoms with van der Waals surface area (Å²) in [4.78, 5) is 24.1. The topological polar surface area (TPSA) is 102 Å². The summed E-state index contributed by atoms with van der Waals surface area (Å²) >= 11 is 0. The number of amides is 2. The molecule has 7 heteroatoms. The molecule has 7 nitrogen and oxygen atoms in total. The molecule has 0 spiro atoms. The highest BCUT2D eigenvalue weighted by Crippen LogP contribution is 2.17. The molecule has 1 saturated carbocycles. The van der Waals surface area contributed by atoms with Gasteiger partial charge in [0, 0.05) is 25.2 Å². The molecule has 0 bridgehead atoms. The van der Waals surface area contributed by atoms with Gasteiger partial charge in [0.25, 0.3) is 11.8 Å². The van der Waals surface area contributed by atoms with Crippen LogP contribution < -0.4 is 16.4 Å². The number of carbonyl (C=O) groups excluding carboxylic acids is 2. The zero-order valence-electron chi connectivity index (χ0n) is 15.5. The van der Waals surface area contributed by atoms with Crippen molar-refractivity contribution in [2.45, 2.75) is 44.6 Å². The number of para-hydroxylation sites is 1. The quantitative estimate of drug-likeness (QED) is 0.513. The van der Waals surface area contributed by atoms with E-state index in [1.807, 2.05) is 18.2 Å². The van der Waals surface area contributed by atoms with Crippen molar-refractivity contribution in [2.75, 3.05) is 13.1 Å². The fourth-order valence-electron chi connectivity index (χ4n) is 3.46. The van der Waals surface area contributed by atoms with E-state index in [9.17, 15) is 9.59 Å². The molecule has 144 valence electrons. The van der Waals surface area contributed by atoms with E-state index >= 15 is 0 Å². The summed E-state index contributed by atoms with van der Waals surface area (Å²) < 4.78 is 1.40. The molecule has 0 saturated heterocycles. The maximum absolute atomic E-state index is 12.4. The molecule has 1 aliphatic carbocycles. The molecule has 0 aliphatic heterocycles. The summed E-state index contributed by atoms with van der Waals surface area (Å²) in [6.45, 7) is 1.23. The van der Waals surface area contributed by atoms with Crippen molar-refractivity contribution in [1.29, 1.82) is 0 Å². The maximum Gasteiger partial charge on any atom is 0.271 e. The lowest BCUT2D eigenvalue weighted by Crippen LogP contribution is -2.37. The van der Waals surface area contributed by atoms with Gasteiger partial charge in [-0.05, 0) is 25.0 Å². The van der Waals surface area contributed by atoms with Crippen molar-refractivity contribution in [3.63, 3.8) is 0 Å². The van der Waals surface area contributed by atoms with Gasteiger partial charge in [0.1, 0.15) is 5.69 Å². The van der Waals surface area contributed by atoms with Crippen LogP contribution in [0.3, 0.4) is 0 Å². The first-order valence-electron chi connectivity index (χ1n) is 9.62. The summed E-state index contributed by atoms with van der Waals surface area (Å²) in [6, 6.07) is 11.1. The highest BCUT2D eigenvalue weighted by Gasteiger charge is 2.18. The molecule has 0 atom stereocenters. The van der Waals surface area contributed by atoms with Crippen LogP contribution in [0, 0.1) is 0 Å². The third kappa shape index (κ3) is 5.17. The normalized spacial score (nSPS) is 15.3. The average molecular weight is 369 g/mol. The van der Waals surface area contributed by atoms with Crippen LogP contribution in [0.2, 0.25) is 0 Å². The Morgan fingerprint density at radius 1 is 1.07 bits per heavy atom. The standard InChI is InChI=1S/C20H27N5O2/c21-19(26)18-14-17(24-25(18)16-10-6-3-7-11-16)20(27)23-13-12-22-15-8-4-1-2-5-9-15/h3,6-7,10-11,14-15,22H,1-2,4-5,8-9,12-13H2,(H2,21,26)(H,23,27). The minimum Gasteiger partial charge on any atom is -0.364 e. The fraction of sp³-hybridized carbons (Fsp3) is 0.450. The van der Waals surface area contributed by atoms with Crippen LogP contribution in [0.1, 0.15) is 59.5 Å². The molecule has 4 N–H and O–H groups in total. The first-order chi connectivity index (χ1) is 13.1. The van der Waals surface area contributed by atoms with Crippen molar-refractivity contribution in [3.8, 4) is 5.69 Å². The van der Waals surface area contributed by atoms with Gasteiger partial charge in [-0.1, -0.05) is 43.9 Å². The molecule has 1 aliphatic rings. The van der Waals surface area contributed by atoms with Gasteiger partial charge in [-0.25, -0.2) is 4.68 Å².